The molecule has 0 spiro atoms. The van der Waals surface area contributed by atoms with Gasteiger partial charge in [-0.2, -0.15) is 0 Å². The van der Waals surface area contributed by atoms with E-state index in [1.54, 1.807) is 12.1 Å². The Morgan fingerprint density at radius 2 is 1.71 bits per heavy atom. The predicted octanol–water partition coefficient (Wildman–Crippen LogP) is 2.56. The molecule has 0 amide bonds. The number of hydrogen-bond donors (Lipinski definition) is 3. The Balaban J connectivity index is 1.95. The summed E-state index contributed by atoms with van der Waals surface area (Å²) in [5.74, 6) is -0.258. The van der Waals surface area contributed by atoms with Crippen LogP contribution in [0.1, 0.15) is 24.1 Å². The molecule has 0 bridgehead atoms. The SMILES string of the molecule is CCc1ccc([C@@H](CNC(=S)Nc2ccc(F)cc2)[NH+](C)C)cc1. The molecule has 0 saturated heterocycles. The summed E-state index contributed by atoms with van der Waals surface area (Å²) >= 11 is 5.34. The van der Waals surface area contributed by atoms with Gasteiger partial charge >= 0.3 is 0 Å². The molecular weight excluding hydrogens is 321 g/mol. The van der Waals surface area contributed by atoms with Gasteiger partial charge in [-0.05, 0) is 48.5 Å². The molecule has 0 aromatic heterocycles. The van der Waals surface area contributed by atoms with E-state index in [2.05, 4.69) is 55.9 Å². The van der Waals surface area contributed by atoms with E-state index in [1.165, 1.54) is 28.2 Å². The molecule has 1 atom stereocenters. The maximum Gasteiger partial charge on any atom is 0.171 e. The van der Waals surface area contributed by atoms with Gasteiger partial charge in [0.25, 0.3) is 0 Å². The Hall–Kier alpha value is -1.98. The number of anilines is 1. The summed E-state index contributed by atoms with van der Waals surface area (Å²) in [6.07, 6.45) is 1.05. The maximum absolute atomic E-state index is 12.9. The number of hydrogen-bond acceptors (Lipinski definition) is 1. The quantitative estimate of drug-likeness (QED) is 0.702. The Kier molecular flexibility index (Phi) is 6.70. The van der Waals surface area contributed by atoms with E-state index in [0.717, 1.165) is 18.7 Å². The second-order valence-corrected chi connectivity index (χ2v) is 6.48. The summed E-state index contributed by atoms with van der Waals surface area (Å²) in [5.41, 5.74) is 3.40. The molecule has 0 radical (unpaired) electrons. The highest BCUT2D eigenvalue weighted by atomic mass is 32.1. The third-order valence-corrected chi connectivity index (χ3v) is 4.30. The summed E-state index contributed by atoms with van der Waals surface area (Å²) in [7, 11) is 4.27. The van der Waals surface area contributed by atoms with Gasteiger partial charge in [0.1, 0.15) is 11.9 Å². The number of halogens is 1. The first-order valence-corrected chi connectivity index (χ1v) is 8.59. The third kappa shape index (κ3) is 5.28. The standard InChI is InChI=1S/C19H24FN3S/c1-4-14-5-7-15(8-6-14)18(23(2)3)13-21-19(24)22-17-11-9-16(20)10-12-17/h5-12,18H,4,13H2,1-3H3,(H2,21,22,24)/p+1/t18-/m1/s1. The lowest BCUT2D eigenvalue weighted by Gasteiger charge is -2.23. The third-order valence-electron chi connectivity index (χ3n) is 4.06. The maximum atomic E-state index is 12.9. The zero-order chi connectivity index (χ0) is 17.5. The summed E-state index contributed by atoms with van der Waals surface area (Å²) in [6.45, 7) is 2.88. The fraction of sp³-hybridized carbons (Fsp3) is 0.316. The smallest absolute Gasteiger partial charge is 0.171 e. The van der Waals surface area contributed by atoms with Gasteiger partial charge in [0.2, 0.25) is 0 Å². The summed E-state index contributed by atoms with van der Waals surface area (Å²) in [4.78, 5) is 1.33. The van der Waals surface area contributed by atoms with Crippen LogP contribution in [-0.4, -0.2) is 25.8 Å². The van der Waals surface area contributed by atoms with Gasteiger partial charge in [-0.3, -0.25) is 0 Å². The van der Waals surface area contributed by atoms with Crippen molar-refractivity contribution in [2.45, 2.75) is 19.4 Å². The lowest BCUT2D eigenvalue weighted by molar-refractivity contribution is -0.890. The Morgan fingerprint density at radius 3 is 2.25 bits per heavy atom. The van der Waals surface area contributed by atoms with E-state index in [0.29, 0.717) is 11.2 Å². The molecule has 24 heavy (non-hydrogen) atoms. The van der Waals surface area contributed by atoms with Crippen molar-refractivity contribution in [2.24, 2.45) is 0 Å². The van der Waals surface area contributed by atoms with Crippen LogP contribution in [0, 0.1) is 5.82 Å². The Labute approximate surface area is 148 Å². The van der Waals surface area contributed by atoms with Gasteiger partial charge in [0.15, 0.2) is 5.11 Å². The van der Waals surface area contributed by atoms with Crippen LogP contribution in [0.2, 0.25) is 0 Å². The van der Waals surface area contributed by atoms with Crippen molar-refractivity contribution in [3.05, 3.63) is 65.5 Å². The van der Waals surface area contributed by atoms with E-state index in [9.17, 15) is 4.39 Å². The average molecular weight is 346 g/mol. The van der Waals surface area contributed by atoms with Crippen molar-refractivity contribution in [1.29, 1.82) is 0 Å². The summed E-state index contributed by atoms with van der Waals surface area (Å²) in [5, 5.41) is 6.88. The van der Waals surface area contributed by atoms with E-state index >= 15 is 0 Å². The van der Waals surface area contributed by atoms with Crippen molar-refractivity contribution >= 4 is 23.0 Å². The molecule has 5 heteroatoms. The van der Waals surface area contributed by atoms with Crippen LogP contribution >= 0.6 is 12.2 Å². The number of benzene rings is 2. The number of rotatable bonds is 6. The van der Waals surface area contributed by atoms with Crippen LogP contribution in [0.15, 0.2) is 48.5 Å². The van der Waals surface area contributed by atoms with E-state index in [4.69, 9.17) is 12.2 Å². The molecule has 0 heterocycles. The number of likely N-dealkylation sites (N-methyl/N-ethyl adjacent to an activating group) is 1. The molecule has 0 saturated carbocycles. The highest BCUT2D eigenvalue weighted by molar-refractivity contribution is 7.80. The zero-order valence-corrected chi connectivity index (χ0v) is 15.2. The van der Waals surface area contributed by atoms with E-state index < -0.39 is 0 Å². The predicted molar refractivity (Wildman–Crippen MR) is 102 cm³/mol. The van der Waals surface area contributed by atoms with Crippen LogP contribution in [-0.2, 0) is 6.42 Å². The first-order chi connectivity index (χ1) is 11.5. The van der Waals surface area contributed by atoms with Gasteiger partial charge in [-0.15, -0.1) is 0 Å². The Bertz CT molecular complexity index is 653. The molecule has 2 aromatic rings. The van der Waals surface area contributed by atoms with Crippen molar-refractivity contribution < 1.29 is 9.29 Å². The average Bonchev–Trinajstić information content (AvgIpc) is 2.57. The molecule has 3 N–H and O–H groups in total. The lowest BCUT2D eigenvalue weighted by Crippen LogP contribution is -3.07. The molecule has 128 valence electrons. The molecule has 2 rings (SSSR count). The lowest BCUT2D eigenvalue weighted by atomic mass is 10.0. The van der Waals surface area contributed by atoms with Gasteiger partial charge in [-0.25, -0.2) is 4.39 Å². The largest absolute Gasteiger partial charge is 0.356 e. The minimum atomic E-state index is -0.258. The second kappa shape index (κ2) is 8.76. The topological polar surface area (TPSA) is 28.5 Å². The van der Waals surface area contributed by atoms with Gasteiger partial charge in [0.05, 0.1) is 20.6 Å². The van der Waals surface area contributed by atoms with Crippen molar-refractivity contribution in [3.8, 4) is 0 Å². The fourth-order valence-corrected chi connectivity index (χ4v) is 2.75. The Morgan fingerprint density at radius 1 is 1.08 bits per heavy atom. The highest BCUT2D eigenvalue weighted by Crippen LogP contribution is 2.12. The fourth-order valence-electron chi connectivity index (χ4n) is 2.54. The van der Waals surface area contributed by atoms with E-state index in [-0.39, 0.29) is 5.82 Å². The first-order valence-electron chi connectivity index (χ1n) is 8.19. The normalized spacial score (nSPS) is 12.0. The van der Waals surface area contributed by atoms with Crippen LogP contribution < -0.4 is 15.5 Å². The molecule has 0 unspecified atom stereocenters. The highest BCUT2D eigenvalue weighted by Gasteiger charge is 2.17. The summed E-state index contributed by atoms with van der Waals surface area (Å²) in [6, 6.07) is 15.2. The van der Waals surface area contributed by atoms with Crippen molar-refractivity contribution in [3.63, 3.8) is 0 Å². The monoisotopic (exact) mass is 346 g/mol. The number of thiocarbonyl (C=S) groups is 1. The minimum absolute atomic E-state index is 0.258. The van der Waals surface area contributed by atoms with Gasteiger partial charge in [-0.1, -0.05) is 31.2 Å². The second-order valence-electron chi connectivity index (χ2n) is 6.07. The molecule has 0 aliphatic heterocycles. The van der Waals surface area contributed by atoms with Crippen LogP contribution in [0.25, 0.3) is 0 Å². The molecule has 0 fully saturated rings. The number of aryl methyl sites for hydroxylation is 1. The molecular formula is C19H25FN3S+. The molecule has 0 aliphatic rings. The zero-order valence-electron chi connectivity index (χ0n) is 14.4. The molecule has 2 aromatic carbocycles. The molecule has 3 nitrogen and oxygen atoms in total. The van der Waals surface area contributed by atoms with Crippen LogP contribution in [0.3, 0.4) is 0 Å². The molecule has 0 aliphatic carbocycles. The first kappa shape index (κ1) is 18.4. The van der Waals surface area contributed by atoms with Crippen molar-refractivity contribution in [2.75, 3.05) is 26.0 Å². The number of quaternary nitrogens is 1. The van der Waals surface area contributed by atoms with Gasteiger partial charge < -0.3 is 15.5 Å². The summed E-state index contributed by atoms with van der Waals surface area (Å²) < 4.78 is 12.9. The van der Waals surface area contributed by atoms with E-state index in [1.807, 2.05) is 0 Å². The van der Waals surface area contributed by atoms with Gasteiger partial charge in [0, 0.05) is 11.3 Å². The van der Waals surface area contributed by atoms with Crippen molar-refractivity contribution in [1.82, 2.24) is 5.32 Å². The minimum Gasteiger partial charge on any atom is -0.356 e. The van der Waals surface area contributed by atoms with Crippen LogP contribution in [0.5, 0.6) is 0 Å². The van der Waals surface area contributed by atoms with Crippen LogP contribution in [0.4, 0.5) is 10.1 Å². The number of nitrogens with one attached hydrogen (secondary N) is 3.